The van der Waals surface area contributed by atoms with Gasteiger partial charge in [-0.25, -0.2) is 9.97 Å². The van der Waals surface area contributed by atoms with E-state index in [1.807, 2.05) is 17.9 Å². The van der Waals surface area contributed by atoms with Crippen LogP contribution in [-0.2, 0) is 20.0 Å². The van der Waals surface area contributed by atoms with Crippen LogP contribution in [0.15, 0.2) is 17.2 Å². The predicted molar refractivity (Wildman–Crippen MR) is 58.5 cm³/mol. The van der Waals surface area contributed by atoms with Crippen molar-refractivity contribution in [2.75, 3.05) is 6.54 Å². The number of aromatic nitrogens is 4. The average Bonchev–Trinajstić information content (AvgIpc) is 2.84. The summed E-state index contributed by atoms with van der Waals surface area (Å²) in [5, 5.41) is 9.55. The van der Waals surface area contributed by atoms with Crippen molar-refractivity contribution in [3.8, 4) is 0 Å². The van der Waals surface area contributed by atoms with Crippen molar-refractivity contribution < 1.29 is 0 Å². The lowest BCUT2D eigenvalue weighted by atomic mass is 10.4. The smallest absolute Gasteiger partial charge is 0.151 e. The zero-order valence-electron chi connectivity index (χ0n) is 8.55. The summed E-state index contributed by atoms with van der Waals surface area (Å²) in [6.07, 6.45) is 2.57. The summed E-state index contributed by atoms with van der Waals surface area (Å²) in [6, 6.07) is 0. The minimum atomic E-state index is 0.816. The molecule has 0 aliphatic carbocycles. The lowest BCUT2D eigenvalue weighted by Gasteiger charge is -1.99. The zero-order chi connectivity index (χ0) is 10.5. The Hall–Kier alpha value is -1.27. The van der Waals surface area contributed by atoms with E-state index in [2.05, 4.69) is 20.4 Å². The van der Waals surface area contributed by atoms with Crippen LogP contribution in [0.25, 0.3) is 0 Å². The molecule has 2 heterocycles. The van der Waals surface area contributed by atoms with Gasteiger partial charge in [0.05, 0.1) is 11.2 Å². The molecule has 0 amide bonds. The maximum atomic E-state index is 4.20. The number of hydrogen-bond acceptors (Lipinski definition) is 5. The fourth-order valence-corrected chi connectivity index (χ4v) is 1.80. The van der Waals surface area contributed by atoms with Gasteiger partial charge in [0.2, 0.25) is 0 Å². The van der Waals surface area contributed by atoms with Gasteiger partial charge in [-0.15, -0.1) is 11.3 Å². The number of rotatable bonds is 5. The molecule has 0 aliphatic heterocycles. The molecule has 0 spiro atoms. The Morgan fingerprint density at radius 1 is 1.47 bits per heavy atom. The van der Waals surface area contributed by atoms with Crippen molar-refractivity contribution in [1.29, 1.82) is 0 Å². The lowest BCUT2D eigenvalue weighted by molar-refractivity contribution is 0.654. The van der Waals surface area contributed by atoms with Crippen molar-refractivity contribution in [2.24, 2.45) is 7.05 Å². The molecule has 80 valence electrons. The Balaban J connectivity index is 1.67. The van der Waals surface area contributed by atoms with E-state index in [1.54, 1.807) is 22.3 Å². The molecule has 5 nitrogen and oxygen atoms in total. The summed E-state index contributed by atoms with van der Waals surface area (Å²) in [5.74, 6) is 0.878. The van der Waals surface area contributed by atoms with E-state index in [0.717, 1.165) is 31.0 Å². The van der Waals surface area contributed by atoms with Crippen LogP contribution in [0, 0.1) is 0 Å². The van der Waals surface area contributed by atoms with Crippen molar-refractivity contribution >= 4 is 11.3 Å². The number of nitrogens with one attached hydrogen (secondary N) is 1. The predicted octanol–water partition coefficient (Wildman–Crippen LogP) is 0.604. The molecule has 0 radical (unpaired) electrons. The van der Waals surface area contributed by atoms with E-state index in [1.165, 1.54) is 0 Å². The van der Waals surface area contributed by atoms with Gasteiger partial charge in [0.1, 0.15) is 6.33 Å². The monoisotopic (exact) mass is 223 g/mol. The second kappa shape index (κ2) is 4.99. The van der Waals surface area contributed by atoms with Crippen LogP contribution in [0.4, 0.5) is 0 Å². The van der Waals surface area contributed by atoms with Gasteiger partial charge in [0, 0.05) is 31.9 Å². The number of nitrogens with zero attached hydrogens (tertiary/aromatic N) is 4. The normalized spacial score (nSPS) is 10.7. The molecule has 2 aromatic rings. The SMILES string of the molecule is Cn1cnc(CCNCc2cscn2)n1. The minimum Gasteiger partial charge on any atom is -0.311 e. The largest absolute Gasteiger partial charge is 0.311 e. The molecule has 0 atom stereocenters. The van der Waals surface area contributed by atoms with Crippen LogP contribution in [0.2, 0.25) is 0 Å². The molecular weight excluding hydrogens is 210 g/mol. The first-order chi connectivity index (χ1) is 7.34. The summed E-state index contributed by atoms with van der Waals surface area (Å²) >= 11 is 1.62. The lowest BCUT2D eigenvalue weighted by Crippen LogP contribution is -2.17. The van der Waals surface area contributed by atoms with Crippen molar-refractivity contribution in [2.45, 2.75) is 13.0 Å². The van der Waals surface area contributed by atoms with Gasteiger partial charge in [-0.3, -0.25) is 4.68 Å². The summed E-state index contributed by atoms with van der Waals surface area (Å²) in [4.78, 5) is 8.33. The number of aryl methyl sites for hydroxylation is 1. The second-order valence-corrected chi connectivity index (χ2v) is 3.96. The highest BCUT2D eigenvalue weighted by molar-refractivity contribution is 7.07. The third-order valence-corrected chi connectivity index (χ3v) is 2.60. The first-order valence-corrected chi connectivity index (χ1v) is 5.71. The molecule has 0 bridgehead atoms. The number of hydrogen-bond donors (Lipinski definition) is 1. The highest BCUT2D eigenvalue weighted by Crippen LogP contribution is 1.99. The Kier molecular flexibility index (Phi) is 3.41. The third kappa shape index (κ3) is 3.10. The van der Waals surface area contributed by atoms with Crippen molar-refractivity contribution in [3.63, 3.8) is 0 Å². The highest BCUT2D eigenvalue weighted by Gasteiger charge is 1.98. The fourth-order valence-electron chi connectivity index (χ4n) is 1.24. The molecule has 2 aromatic heterocycles. The Labute approximate surface area is 92.2 Å². The van der Waals surface area contributed by atoms with Crippen LogP contribution in [0.3, 0.4) is 0 Å². The molecule has 1 N–H and O–H groups in total. The molecule has 0 saturated heterocycles. The molecule has 0 unspecified atom stereocenters. The molecule has 0 aromatic carbocycles. The number of thiazole rings is 1. The van der Waals surface area contributed by atoms with Gasteiger partial charge in [0.25, 0.3) is 0 Å². The van der Waals surface area contributed by atoms with Crippen molar-refractivity contribution in [1.82, 2.24) is 25.1 Å². The quantitative estimate of drug-likeness (QED) is 0.754. The average molecular weight is 223 g/mol. The minimum absolute atomic E-state index is 0.816. The molecule has 15 heavy (non-hydrogen) atoms. The van der Waals surface area contributed by atoms with E-state index in [9.17, 15) is 0 Å². The molecule has 0 fully saturated rings. The van der Waals surface area contributed by atoms with E-state index in [4.69, 9.17) is 0 Å². The van der Waals surface area contributed by atoms with Crippen LogP contribution in [0.5, 0.6) is 0 Å². The Morgan fingerprint density at radius 3 is 3.07 bits per heavy atom. The van der Waals surface area contributed by atoms with Crippen LogP contribution in [0.1, 0.15) is 11.5 Å². The van der Waals surface area contributed by atoms with Gasteiger partial charge in [-0.2, -0.15) is 5.10 Å². The summed E-state index contributed by atoms with van der Waals surface area (Å²) in [7, 11) is 1.87. The van der Waals surface area contributed by atoms with Gasteiger partial charge in [0.15, 0.2) is 5.82 Å². The molecule has 6 heteroatoms. The molecule has 0 aliphatic rings. The molecule has 0 saturated carbocycles. The Bertz CT molecular complexity index is 394. The summed E-state index contributed by atoms with van der Waals surface area (Å²) in [5.41, 5.74) is 2.94. The molecule has 2 rings (SSSR count). The highest BCUT2D eigenvalue weighted by atomic mass is 32.1. The third-order valence-electron chi connectivity index (χ3n) is 1.96. The van der Waals surface area contributed by atoms with Gasteiger partial charge >= 0.3 is 0 Å². The fraction of sp³-hybridized carbons (Fsp3) is 0.444. The standard InChI is InChI=1S/C9H13N5S/c1-14-6-11-9(13-14)2-3-10-4-8-5-15-7-12-8/h5-7,10H,2-4H2,1H3. The summed E-state index contributed by atoms with van der Waals surface area (Å²) < 4.78 is 1.72. The van der Waals surface area contributed by atoms with E-state index in [-0.39, 0.29) is 0 Å². The zero-order valence-corrected chi connectivity index (χ0v) is 9.37. The van der Waals surface area contributed by atoms with Crippen LogP contribution < -0.4 is 5.32 Å². The van der Waals surface area contributed by atoms with Gasteiger partial charge in [-0.1, -0.05) is 0 Å². The second-order valence-electron chi connectivity index (χ2n) is 3.24. The topological polar surface area (TPSA) is 55.6 Å². The maximum absolute atomic E-state index is 4.20. The van der Waals surface area contributed by atoms with E-state index < -0.39 is 0 Å². The molecular formula is C9H13N5S. The van der Waals surface area contributed by atoms with Gasteiger partial charge in [-0.05, 0) is 0 Å². The Morgan fingerprint density at radius 2 is 2.40 bits per heavy atom. The van der Waals surface area contributed by atoms with E-state index in [0.29, 0.717) is 0 Å². The first kappa shape index (κ1) is 10.3. The van der Waals surface area contributed by atoms with Gasteiger partial charge < -0.3 is 5.32 Å². The van der Waals surface area contributed by atoms with E-state index >= 15 is 0 Å². The maximum Gasteiger partial charge on any atom is 0.151 e. The van der Waals surface area contributed by atoms with Crippen molar-refractivity contribution in [3.05, 3.63) is 28.7 Å². The summed E-state index contributed by atoms with van der Waals surface area (Å²) in [6.45, 7) is 1.69. The van der Waals surface area contributed by atoms with Crippen LogP contribution >= 0.6 is 11.3 Å². The first-order valence-electron chi connectivity index (χ1n) is 4.77. The van der Waals surface area contributed by atoms with Crippen LogP contribution in [-0.4, -0.2) is 26.3 Å².